The molecule has 0 spiro atoms. The predicted octanol–water partition coefficient (Wildman–Crippen LogP) is 4.73. The number of sulfonamides is 1. The number of methoxy groups -OCH3 is 1. The number of hydrogen-bond donors (Lipinski definition) is 1. The largest absolute Gasteiger partial charge is 0.465 e. The lowest BCUT2D eigenvalue weighted by Gasteiger charge is -2.26. The highest BCUT2D eigenvalue weighted by Gasteiger charge is 2.31. The second kappa shape index (κ2) is 10.2. The summed E-state index contributed by atoms with van der Waals surface area (Å²) in [6.45, 7) is 3.38. The van der Waals surface area contributed by atoms with Gasteiger partial charge in [0, 0.05) is 4.88 Å². The van der Waals surface area contributed by atoms with Gasteiger partial charge in [0.05, 0.1) is 23.3 Å². The second-order valence-electron chi connectivity index (χ2n) is 8.41. The molecule has 0 saturated carbocycles. The number of benzene rings is 2. The molecule has 2 aromatic carbocycles. The lowest BCUT2D eigenvalue weighted by molar-refractivity contribution is -0.114. The number of aryl methyl sites for hydroxylation is 3. The lowest BCUT2D eigenvalue weighted by Crippen LogP contribution is -2.38. The van der Waals surface area contributed by atoms with Gasteiger partial charge in [0.25, 0.3) is 10.0 Å². The van der Waals surface area contributed by atoms with Gasteiger partial charge in [-0.25, -0.2) is 13.2 Å². The maximum absolute atomic E-state index is 13.7. The monoisotopic (exact) mass is 512 g/mol. The fraction of sp³-hybridized carbons (Fsp3) is 0.308. The molecule has 0 unspecified atom stereocenters. The number of nitrogens with one attached hydrogen (secondary N) is 1. The molecule has 0 atom stereocenters. The minimum Gasteiger partial charge on any atom is -0.465 e. The number of carbonyl (C=O) groups is 2. The highest BCUT2D eigenvalue weighted by atomic mass is 32.2. The number of thiophene rings is 1. The molecule has 1 aromatic heterocycles. The van der Waals surface area contributed by atoms with Crippen LogP contribution in [0, 0.1) is 6.92 Å². The van der Waals surface area contributed by atoms with Gasteiger partial charge in [-0.15, -0.1) is 11.3 Å². The summed E-state index contributed by atoms with van der Waals surface area (Å²) in [6.07, 6.45) is 3.15. The SMILES string of the molecule is CCc1ccccc1N(CC(=O)Nc1sc2c(c1C(=O)OC)CCC2)S(=O)(=O)c1ccc(C)cc1. The third-order valence-corrected chi connectivity index (χ3v) is 9.08. The minimum absolute atomic E-state index is 0.104. The van der Waals surface area contributed by atoms with Crippen molar-refractivity contribution in [2.24, 2.45) is 0 Å². The third kappa shape index (κ3) is 4.97. The Hall–Kier alpha value is -3.17. The summed E-state index contributed by atoms with van der Waals surface area (Å²) in [7, 11) is -2.72. The van der Waals surface area contributed by atoms with Gasteiger partial charge in [-0.3, -0.25) is 9.10 Å². The maximum atomic E-state index is 13.7. The van der Waals surface area contributed by atoms with Crippen LogP contribution in [0.1, 0.15) is 45.3 Å². The van der Waals surface area contributed by atoms with Crippen LogP contribution in [-0.2, 0) is 38.8 Å². The van der Waals surface area contributed by atoms with Crippen molar-refractivity contribution in [3.63, 3.8) is 0 Å². The molecule has 1 aliphatic carbocycles. The van der Waals surface area contributed by atoms with Crippen LogP contribution in [0.2, 0.25) is 0 Å². The molecule has 7 nitrogen and oxygen atoms in total. The Labute approximate surface area is 209 Å². The first-order valence-electron chi connectivity index (χ1n) is 11.5. The van der Waals surface area contributed by atoms with E-state index in [1.807, 2.05) is 26.0 Å². The van der Waals surface area contributed by atoms with Gasteiger partial charge in [0.15, 0.2) is 0 Å². The molecule has 0 radical (unpaired) electrons. The van der Waals surface area contributed by atoms with Crippen LogP contribution in [0.4, 0.5) is 10.7 Å². The van der Waals surface area contributed by atoms with Crippen molar-refractivity contribution in [1.29, 1.82) is 0 Å². The molecule has 1 N–H and O–H groups in total. The van der Waals surface area contributed by atoms with E-state index in [1.165, 1.54) is 18.4 Å². The van der Waals surface area contributed by atoms with Gasteiger partial charge in [-0.1, -0.05) is 42.8 Å². The molecule has 0 bridgehead atoms. The first-order chi connectivity index (χ1) is 16.8. The van der Waals surface area contributed by atoms with E-state index in [9.17, 15) is 18.0 Å². The standard InChI is InChI=1S/C26H28N2O5S2/c1-4-18-8-5-6-10-21(18)28(35(31,32)19-14-12-17(2)13-15-19)16-23(29)27-25-24(26(30)33-3)20-9-7-11-22(20)34-25/h5-6,8,10,12-15H,4,7,9,11,16H2,1-3H3,(H,27,29). The summed E-state index contributed by atoms with van der Waals surface area (Å²) in [5.41, 5.74) is 3.48. The number of amides is 1. The van der Waals surface area contributed by atoms with E-state index in [0.29, 0.717) is 22.7 Å². The molecule has 3 aromatic rings. The number of fused-ring (bicyclic) bond motifs is 1. The van der Waals surface area contributed by atoms with Crippen molar-refractivity contribution in [2.45, 2.75) is 44.4 Å². The zero-order chi connectivity index (χ0) is 25.2. The fourth-order valence-corrected chi connectivity index (χ4v) is 7.05. The number of nitrogens with zero attached hydrogens (tertiary/aromatic N) is 1. The molecule has 1 heterocycles. The van der Waals surface area contributed by atoms with E-state index in [2.05, 4.69) is 5.32 Å². The summed E-state index contributed by atoms with van der Waals surface area (Å²) >= 11 is 1.36. The summed E-state index contributed by atoms with van der Waals surface area (Å²) < 4.78 is 33.5. The number of anilines is 2. The Morgan fingerprint density at radius 1 is 1.09 bits per heavy atom. The van der Waals surface area contributed by atoms with Gasteiger partial charge < -0.3 is 10.1 Å². The van der Waals surface area contributed by atoms with E-state index < -0.39 is 28.4 Å². The van der Waals surface area contributed by atoms with Crippen molar-refractivity contribution in [2.75, 3.05) is 23.3 Å². The van der Waals surface area contributed by atoms with Gasteiger partial charge >= 0.3 is 5.97 Å². The normalized spacial score (nSPS) is 12.8. The van der Waals surface area contributed by atoms with Crippen molar-refractivity contribution in [1.82, 2.24) is 0 Å². The maximum Gasteiger partial charge on any atom is 0.341 e. The molecule has 9 heteroatoms. The lowest BCUT2D eigenvalue weighted by atomic mass is 10.1. The van der Waals surface area contributed by atoms with Crippen LogP contribution in [-0.4, -0.2) is 33.9 Å². The third-order valence-electron chi connectivity index (χ3n) is 6.10. The Morgan fingerprint density at radius 3 is 2.49 bits per heavy atom. The number of ether oxygens (including phenoxy) is 1. The molecule has 0 saturated heterocycles. The van der Waals surface area contributed by atoms with E-state index >= 15 is 0 Å². The molecule has 184 valence electrons. The van der Waals surface area contributed by atoms with Gasteiger partial charge in [0.1, 0.15) is 11.5 Å². The van der Waals surface area contributed by atoms with Gasteiger partial charge in [-0.05, 0) is 61.9 Å². The van der Waals surface area contributed by atoms with Gasteiger partial charge in [0.2, 0.25) is 5.91 Å². The number of para-hydroxylation sites is 1. The molecule has 1 amide bonds. The Balaban J connectivity index is 1.70. The first-order valence-corrected chi connectivity index (χ1v) is 13.7. The number of esters is 1. The van der Waals surface area contributed by atoms with Crippen LogP contribution < -0.4 is 9.62 Å². The van der Waals surface area contributed by atoms with Crippen molar-refractivity contribution < 1.29 is 22.7 Å². The summed E-state index contributed by atoms with van der Waals surface area (Å²) in [5, 5.41) is 3.20. The summed E-state index contributed by atoms with van der Waals surface area (Å²) in [5.74, 6) is -1.03. The van der Waals surface area contributed by atoms with Crippen LogP contribution in [0.5, 0.6) is 0 Å². The van der Waals surface area contributed by atoms with Crippen LogP contribution in [0.3, 0.4) is 0 Å². The van der Waals surface area contributed by atoms with E-state index in [4.69, 9.17) is 4.74 Å². The highest BCUT2D eigenvalue weighted by Crippen LogP contribution is 2.39. The zero-order valence-electron chi connectivity index (χ0n) is 20.0. The Bertz CT molecular complexity index is 1360. The van der Waals surface area contributed by atoms with Crippen LogP contribution in [0.25, 0.3) is 0 Å². The van der Waals surface area contributed by atoms with E-state index in [-0.39, 0.29) is 4.90 Å². The first kappa shape index (κ1) is 24.9. The molecular formula is C26H28N2O5S2. The van der Waals surface area contributed by atoms with E-state index in [0.717, 1.165) is 45.1 Å². The zero-order valence-corrected chi connectivity index (χ0v) is 21.6. The molecule has 35 heavy (non-hydrogen) atoms. The van der Waals surface area contributed by atoms with Crippen molar-refractivity contribution >= 4 is 43.9 Å². The molecule has 0 aliphatic heterocycles. The number of carbonyl (C=O) groups excluding carboxylic acids is 2. The molecular weight excluding hydrogens is 484 g/mol. The number of hydrogen-bond acceptors (Lipinski definition) is 6. The highest BCUT2D eigenvalue weighted by molar-refractivity contribution is 7.92. The van der Waals surface area contributed by atoms with Gasteiger partial charge in [-0.2, -0.15) is 0 Å². The number of rotatable bonds is 8. The second-order valence-corrected chi connectivity index (χ2v) is 11.4. The Kier molecular flexibility index (Phi) is 7.28. The molecule has 1 aliphatic rings. The molecule has 0 fully saturated rings. The van der Waals surface area contributed by atoms with Crippen molar-refractivity contribution in [3.05, 3.63) is 75.7 Å². The quantitative estimate of drug-likeness (QED) is 0.441. The summed E-state index contributed by atoms with van der Waals surface area (Å²) in [4.78, 5) is 26.9. The van der Waals surface area contributed by atoms with Crippen molar-refractivity contribution in [3.8, 4) is 0 Å². The average Bonchev–Trinajstić information content (AvgIpc) is 3.43. The Morgan fingerprint density at radius 2 is 1.80 bits per heavy atom. The van der Waals surface area contributed by atoms with E-state index in [1.54, 1.807) is 36.4 Å². The average molecular weight is 513 g/mol. The minimum atomic E-state index is -4.03. The van der Waals surface area contributed by atoms with Crippen LogP contribution in [0.15, 0.2) is 53.4 Å². The molecule has 4 rings (SSSR count). The fourth-order valence-electron chi connectivity index (χ4n) is 4.30. The van der Waals surface area contributed by atoms with Crippen LogP contribution >= 0.6 is 11.3 Å². The summed E-state index contributed by atoms with van der Waals surface area (Å²) in [6, 6.07) is 13.7. The predicted molar refractivity (Wildman–Crippen MR) is 138 cm³/mol. The smallest absolute Gasteiger partial charge is 0.341 e. The topological polar surface area (TPSA) is 92.8 Å².